The maximum absolute atomic E-state index is 14.1. The Morgan fingerprint density at radius 1 is 1.32 bits per heavy atom. The van der Waals surface area contributed by atoms with Gasteiger partial charge in [-0.2, -0.15) is 13.9 Å². The topological polar surface area (TPSA) is 27.1 Å². The number of halogens is 4. The summed E-state index contributed by atoms with van der Waals surface area (Å²) in [5.41, 5.74) is 0.526. The van der Waals surface area contributed by atoms with E-state index in [1.54, 1.807) is 16.9 Å². The van der Waals surface area contributed by atoms with Gasteiger partial charge < -0.3 is 4.74 Å². The number of fused-ring (bicyclic) bond motifs is 2. The van der Waals surface area contributed by atoms with E-state index in [1.165, 1.54) is 6.07 Å². The molecule has 1 saturated heterocycles. The van der Waals surface area contributed by atoms with E-state index in [-0.39, 0.29) is 22.2 Å². The number of nitrogens with zero attached hydrogens (tertiary/aromatic N) is 2. The lowest BCUT2D eigenvalue weighted by Crippen LogP contribution is -2.18. The van der Waals surface area contributed by atoms with Crippen LogP contribution >= 0.6 is 11.6 Å². The van der Waals surface area contributed by atoms with Crippen molar-refractivity contribution in [3.05, 3.63) is 46.9 Å². The third kappa shape index (κ3) is 2.79. The average molecular weight is 367 g/mol. The molecule has 2 aromatic carbocycles. The highest BCUT2D eigenvalue weighted by Crippen LogP contribution is 2.38. The summed E-state index contributed by atoms with van der Waals surface area (Å²) in [5, 5.41) is 5.99. The summed E-state index contributed by atoms with van der Waals surface area (Å²) in [7, 11) is 0. The molecule has 0 aliphatic carbocycles. The molecule has 0 spiro atoms. The van der Waals surface area contributed by atoms with Gasteiger partial charge in [0.2, 0.25) is 0 Å². The molecule has 1 aromatic heterocycles. The van der Waals surface area contributed by atoms with Crippen LogP contribution < -0.4 is 0 Å². The second-order valence-corrected chi connectivity index (χ2v) is 6.40. The molecule has 1 atom stereocenters. The maximum atomic E-state index is 14.1. The maximum Gasteiger partial charge on any atom is 0.271 e. The molecular weight excluding hydrogens is 353 g/mol. The largest absolute Gasteiger partial charge is 0.356 e. The summed E-state index contributed by atoms with van der Waals surface area (Å²) in [4.78, 5) is 0. The molecule has 25 heavy (non-hydrogen) atoms. The van der Waals surface area contributed by atoms with Crippen molar-refractivity contribution in [3.8, 4) is 0 Å². The van der Waals surface area contributed by atoms with E-state index in [0.29, 0.717) is 23.5 Å². The van der Waals surface area contributed by atoms with Crippen molar-refractivity contribution in [2.45, 2.75) is 25.5 Å². The predicted molar refractivity (Wildman–Crippen MR) is 91.2 cm³/mol. The molecule has 3 nitrogen and oxygen atoms in total. The zero-order chi connectivity index (χ0) is 17.6. The minimum atomic E-state index is -1.98. The molecule has 2 heterocycles. The molecule has 1 unspecified atom stereocenters. The van der Waals surface area contributed by atoms with E-state index in [1.807, 2.05) is 0 Å². The summed E-state index contributed by atoms with van der Waals surface area (Å²) in [6, 6.07) is 4.48. The van der Waals surface area contributed by atoms with Crippen molar-refractivity contribution < 1.29 is 17.9 Å². The fourth-order valence-electron chi connectivity index (χ4n) is 3.34. The van der Waals surface area contributed by atoms with Gasteiger partial charge in [-0.3, -0.25) is 0 Å². The summed E-state index contributed by atoms with van der Waals surface area (Å²) < 4.78 is 47.1. The molecule has 7 heteroatoms. The number of benzene rings is 2. The van der Waals surface area contributed by atoms with Gasteiger partial charge in [0, 0.05) is 29.0 Å². The van der Waals surface area contributed by atoms with E-state index in [4.69, 9.17) is 16.3 Å². The van der Waals surface area contributed by atoms with Crippen LogP contribution in [-0.2, 0) is 4.74 Å². The Labute approximate surface area is 146 Å². The van der Waals surface area contributed by atoms with Gasteiger partial charge in [-0.05, 0) is 36.8 Å². The van der Waals surface area contributed by atoms with Gasteiger partial charge in [0.25, 0.3) is 6.08 Å². The Morgan fingerprint density at radius 3 is 2.88 bits per heavy atom. The van der Waals surface area contributed by atoms with Crippen molar-refractivity contribution in [2.75, 3.05) is 6.61 Å². The highest BCUT2D eigenvalue weighted by molar-refractivity contribution is 6.41. The average Bonchev–Trinajstić information content (AvgIpc) is 3.02. The van der Waals surface area contributed by atoms with Crippen molar-refractivity contribution in [2.24, 2.45) is 0 Å². The van der Waals surface area contributed by atoms with Crippen molar-refractivity contribution in [1.82, 2.24) is 9.78 Å². The molecule has 0 bridgehead atoms. The molecule has 3 aromatic rings. The monoisotopic (exact) mass is 366 g/mol. The minimum Gasteiger partial charge on any atom is -0.356 e. The van der Waals surface area contributed by atoms with Gasteiger partial charge in [0.15, 0.2) is 6.23 Å². The predicted octanol–water partition coefficient (Wildman–Crippen LogP) is 5.92. The first kappa shape index (κ1) is 16.4. The SMILES string of the molecule is FC(F)=Cc1c(F)ccc2cc3c(cnn3C3CCCCO3)c(Cl)c12. The standard InChI is InChI=1S/C18H14ClF3N2O/c19-18-12-9-23-24(16-3-1-2-6-25-16)14(12)7-10-4-5-13(20)11(17(10)18)8-15(21)22/h4-5,7-9,16H,1-3,6H2. The molecule has 0 saturated carbocycles. The zero-order valence-electron chi connectivity index (χ0n) is 13.1. The van der Waals surface area contributed by atoms with Gasteiger partial charge >= 0.3 is 0 Å². The number of hydrogen-bond acceptors (Lipinski definition) is 2. The van der Waals surface area contributed by atoms with Crippen LogP contribution in [-0.4, -0.2) is 16.4 Å². The van der Waals surface area contributed by atoms with Gasteiger partial charge in [0.1, 0.15) is 5.82 Å². The normalized spacial score (nSPS) is 18.0. The second-order valence-electron chi connectivity index (χ2n) is 6.03. The Hall–Kier alpha value is -2.05. The molecule has 4 rings (SSSR count). The third-order valence-electron chi connectivity index (χ3n) is 4.49. The van der Waals surface area contributed by atoms with Crippen molar-refractivity contribution in [1.29, 1.82) is 0 Å². The van der Waals surface area contributed by atoms with Crippen LogP contribution in [0.25, 0.3) is 27.8 Å². The zero-order valence-corrected chi connectivity index (χ0v) is 13.9. The fourth-order valence-corrected chi connectivity index (χ4v) is 3.70. The lowest BCUT2D eigenvalue weighted by atomic mass is 10.0. The highest BCUT2D eigenvalue weighted by Gasteiger charge is 2.21. The number of aromatic nitrogens is 2. The van der Waals surface area contributed by atoms with Crippen LogP contribution in [0.5, 0.6) is 0 Å². The number of rotatable bonds is 2. The molecule has 1 fully saturated rings. The molecule has 1 aliphatic rings. The van der Waals surface area contributed by atoms with Gasteiger partial charge in [-0.1, -0.05) is 17.7 Å². The summed E-state index contributed by atoms with van der Waals surface area (Å²) in [6.45, 7) is 0.670. The first-order valence-electron chi connectivity index (χ1n) is 7.98. The molecule has 0 amide bonds. The van der Waals surface area contributed by atoms with Crippen molar-refractivity contribution in [3.63, 3.8) is 0 Å². The summed E-state index contributed by atoms with van der Waals surface area (Å²) >= 11 is 6.45. The van der Waals surface area contributed by atoms with E-state index in [9.17, 15) is 13.2 Å². The van der Waals surface area contributed by atoms with Crippen LogP contribution in [0.1, 0.15) is 31.1 Å². The molecule has 1 aliphatic heterocycles. The smallest absolute Gasteiger partial charge is 0.271 e. The Bertz CT molecular complexity index is 989. The van der Waals surface area contributed by atoms with E-state index in [2.05, 4.69) is 5.10 Å². The lowest BCUT2D eigenvalue weighted by Gasteiger charge is -2.23. The Morgan fingerprint density at radius 2 is 2.16 bits per heavy atom. The molecule has 0 radical (unpaired) electrons. The van der Waals surface area contributed by atoms with E-state index in [0.717, 1.165) is 30.8 Å². The van der Waals surface area contributed by atoms with Crippen molar-refractivity contribution >= 4 is 39.4 Å². The fraction of sp³-hybridized carbons (Fsp3) is 0.278. The molecule has 130 valence electrons. The van der Waals surface area contributed by atoms with Gasteiger partial charge in [-0.25, -0.2) is 9.07 Å². The quantitative estimate of drug-likeness (QED) is 0.563. The first-order valence-corrected chi connectivity index (χ1v) is 8.36. The van der Waals surface area contributed by atoms with Crippen LogP contribution in [0, 0.1) is 5.82 Å². The second kappa shape index (κ2) is 6.35. The summed E-state index contributed by atoms with van der Waals surface area (Å²) in [6.07, 6.45) is 2.82. The van der Waals surface area contributed by atoms with Crippen LogP contribution in [0.4, 0.5) is 13.2 Å². The highest BCUT2D eigenvalue weighted by atomic mass is 35.5. The minimum absolute atomic E-state index is 0.178. The third-order valence-corrected chi connectivity index (χ3v) is 4.88. The van der Waals surface area contributed by atoms with Gasteiger partial charge in [0.05, 0.1) is 16.7 Å². The summed E-state index contributed by atoms with van der Waals surface area (Å²) in [5.74, 6) is -0.746. The Kier molecular flexibility index (Phi) is 4.17. The van der Waals surface area contributed by atoms with Gasteiger partial charge in [-0.15, -0.1) is 0 Å². The van der Waals surface area contributed by atoms with Crippen LogP contribution in [0.15, 0.2) is 30.5 Å². The van der Waals surface area contributed by atoms with Crippen LogP contribution in [0.3, 0.4) is 0 Å². The van der Waals surface area contributed by atoms with E-state index < -0.39 is 11.9 Å². The first-order chi connectivity index (χ1) is 12.1. The Balaban J connectivity index is 1.98. The molecule has 0 N–H and O–H groups in total. The number of ether oxygens (including phenoxy) is 1. The molecular formula is C18H14ClF3N2O. The van der Waals surface area contributed by atoms with E-state index >= 15 is 0 Å². The number of hydrogen-bond donors (Lipinski definition) is 0. The van der Waals surface area contributed by atoms with Crippen LogP contribution in [0.2, 0.25) is 5.02 Å². The lowest BCUT2D eigenvalue weighted by molar-refractivity contribution is -0.0366.